The maximum Gasteiger partial charge on any atom is 0.252 e. The third-order valence-corrected chi connectivity index (χ3v) is 5.99. The Bertz CT molecular complexity index is 1090. The van der Waals surface area contributed by atoms with E-state index in [1.54, 1.807) is 12.3 Å². The van der Waals surface area contributed by atoms with Crippen LogP contribution < -0.4 is 11.5 Å². The number of aliphatic hydroxyl groups excluding tert-OH is 1. The lowest BCUT2D eigenvalue weighted by Gasteiger charge is -2.11. The molecule has 0 radical (unpaired) electrons. The number of amides is 1. The molecule has 1 aliphatic carbocycles. The molecule has 1 heterocycles. The number of primary amides is 1. The molecule has 0 aliphatic heterocycles. The van der Waals surface area contributed by atoms with E-state index < -0.39 is 5.91 Å². The van der Waals surface area contributed by atoms with E-state index in [1.165, 1.54) is 42.4 Å². The van der Waals surface area contributed by atoms with Gasteiger partial charge in [0.15, 0.2) is 0 Å². The normalized spacial score (nSPS) is 13.4. The van der Waals surface area contributed by atoms with Gasteiger partial charge in [0, 0.05) is 11.8 Å². The van der Waals surface area contributed by atoms with E-state index in [0.717, 1.165) is 23.3 Å². The average molecular weight is 448 g/mol. The monoisotopic (exact) mass is 447 g/mol. The van der Waals surface area contributed by atoms with E-state index in [0.29, 0.717) is 6.10 Å². The molecule has 174 valence electrons. The molecule has 33 heavy (non-hydrogen) atoms. The Labute approximate surface area is 195 Å². The number of pyridine rings is 1. The predicted octanol–water partition coefficient (Wildman–Crippen LogP) is 4.68. The van der Waals surface area contributed by atoms with Crippen molar-refractivity contribution < 1.29 is 14.6 Å². The first-order chi connectivity index (χ1) is 15.9. The van der Waals surface area contributed by atoms with Crippen LogP contribution in [0.2, 0.25) is 0 Å². The minimum atomic E-state index is -0.611. The zero-order chi connectivity index (χ0) is 23.8. The van der Waals surface area contributed by atoms with E-state index in [9.17, 15) is 4.79 Å². The number of nitrogens with zero attached hydrogens (tertiary/aromatic N) is 1. The summed E-state index contributed by atoms with van der Waals surface area (Å²) in [6.45, 7) is 5.05. The maximum atomic E-state index is 11.2. The van der Waals surface area contributed by atoms with Crippen molar-refractivity contribution in [3.8, 4) is 11.1 Å². The van der Waals surface area contributed by atoms with E-state index in [1.807, 2.05) is 24.3 Å². The SMILES string of the molecule is Cc1ccc(COC2CCCC2)cc1C.NC(=O)c1cc(-c2cccc(CO)c2)cnc1N. The number of ether oxygens (including phenoxy) is 1. The Morgan fingerprint density at radius 3 is 2.45 bits per heavy atom. The van der Waals surface area contributed by atoms with Gasteiger partial charge >= 0.3 is 0 Å². The van der Waals surface area contributed by atoms with Gasteiger partial charge in [-0.15, -0.1) is 0 Å². The van der Waals surface area contributed by atoms with Gasteiger partial charge in [-0.05, 0) is 66.6 Å². The van der Waals surface area contributed by atoms with Crippen LogP contribution in [0.1, 0.15) is 58.3 Å². The summed E-state index contributed by atoms with van der Waals surface area (Å²) in [6.07, 6.45) is 7.29. The summed E-state index contributed by atoms with van der Waals surface area (Å²) in [5.41, 5.74) is 17.4. The van der Waals surface area contributed by atoms with Gasteiger partial charge < -0.3 is 21.3 Å². The molecule has 5 N–H and O–H groups in total. The third-order valence-electron chi connectivity index (χ3n) is 5.99. The van der Waals surface area contributed by atoms with Gasteiger partial charge in [0.2, 0.25) is 0 Å². The lowest BCUT2D eigenvalue weighted by Crippen LogP contribution is -2.14. The van der Waals surface area contributed by atoms with Crippen molar-refractivity contribution in [2.45, 2.75) is 58.8 Å². The van der Waals surface area contributed by atoms with Crippen molar-refractivity contribution in [3.05, 3.63) is 82.5 Å². The van der Waals surface area contributed by atoms with Crippen LogP contribution >= 0.6 is 0 Å². The molecule has 1 fully saturated rings. The highest BCUT2D eigenvalue weighted by atomic mass is 16.5. The molecule has 0 bridgehead atoms. The van der Waals surface area contributed by atoms with Crippen LogP contribution in [0.3, 0.4) is 0 Å². The number of aromatic nitrogens is 1. The Balaban J connectivity index is 0.000000189. The largest absolute Gasteiger partial charge is 0.392 e. The molecule has 6 heteroatoms. The first-order valence-electron chi connectivity index (χ1n) is 11.3. The first-order valence-corrected chi connectivity index (χ1v) is 11.3. The zero-order valence-electron chi connectivity index (χ0n) is 19.4. The smallest absolute Gasteiger partial charge is 0.252 e. The van der Waals surface area contributed by atoms with Crippen molar-refractivity contribution in [2.24, 2.45) is 5.73 Å². The summed E-state index contributed by atoms with van der Waals surface area (Å²) in [5, 5.41) is 9.09. The highest BCUT2D eigenvalue weighted by molar-refractivity contribution is 5.98. The molecule has 1 saturated carbocycles. The number of carbonyl (C=O) groups is 1. The van der Waals surface area contributed by atoms with Crippen molar-refractivity contribution in [1.82, 2.24) is 4.98 Å². The fraction of sp³-hybridized carbons (Fsp3) is 0.333. The number of benzene rings is 2. The lowest BCUT2D eigenvalue weighted by atomic mass is 10.0. The summed E-state index contributed by atoms with van der Waals surface area (Å²) < 4.78 is 5.88. The number of aryl methyl sites for hydroxylation is 2. The molecule has 1 amide bonds. The van der Waals surface area contributed by atoms with Gasteiger partial charge in [0.25, 0.3) is 5.91 Å². The number of nitrogen functional groups attached to an aromatic ring is 1. The molecule has 4 rings (SSSR count). The Morgan fingerprint density at radius 1 is 1.03 bits per heavy atom. The minimum absolute atomic E-state index is 0.0427. The molecule has 0 atom stereocenters. The van der Waals surface area contributed by atoms with Crippen LogP contribution in [0.5, 0.6) is 0 Å². The second-order valence-electron chi connectivity index (χ2n) is 8.52. The number of rotatable bonds is 6. The number of anilines is 1. The second kappa shape index (κ2) is 11.6. The van der Waals surface area contributed by atoms with E-state index in [2.05, 4.69) is 37.0 Å². The molecule has 6 nitrogen and oxygen atoms in total. The summed E-state index contributed by atoms with van der Waals surface area (Å²) in [5.74, 6) is -0.496. The Hall–Kier alpha value is -3.22. The van der Waals surface area contributed by atoms with Crippen molar-refractivity contribution in [3.63, 3.8) is 0 Å². The van der Waals surface area contributed by atoms with Gasteiger partial charge in [-0.2, -0.15) is 0 Å². The first kappa shape index (κ1) is 24.4. The molecule has 1 aliphatic rings. The molecule has 1 aromatic heterocycles. The van der Waals surface area contributed by atoms with Gasteiger partial charge in [0.1, 0.15) is 5.82 Å². The van der Waals surface area contributed by atoms with Gasteiger partial charge in [-0.25, -0.2) is 4.98 Å². The molecule has 2 aromatic carbocycles. The average Bonchev–Trinajstić information content (AvgIpc) is 3.34. The molecule has 3 aromatic rings. The van der Waals surface area contributed by atoms with E-state index in [4.69, 9.17) is 21.3 Å². The van der Waals surface area contributed by atoms with Crippen LogP contribution in [0.25, 0.3) is 11.1 Å². The topological polar surface area (TPSA) is 111 Å². The zero-order valence-corrected chi connectivity index (χ0v) is 19.4. The van der Waals surface area contributed by atoms with E-state index >= 15 is 0 Å². The van der Waals surface area contributed by atoms with Gasteiger partial charge in [-0.1, -0.05) is 49.2 Å². The fourth-order valence-corrected chi connectivity index (χ4v) is 3.84. The number of aliphatic hydroxyl groups is 1. The summed E-state index contributed by atoms with van der Waals surface area (Å²) in [4.78, 5) is 15.1. The van der Waals surface area contributed by atoms with Crippen LogP contribution in [0.15, 0.2) is 54.7 Å². The summed E-state index contributed by atoms with van der Waals surface area (Å²) in [7, 11) is 0. The predicted molar refractivity (Wildman–Crippen MR) is 131 cm³/mol. The number of hydrogen-bond acceptors (Lipinski definition) is 5. The van der Waals surface area contributed by atoms with Crippen LogP contribution in [-0.2, 0) is 18.0 Å². The fourth-order valence-electron chi connectivity index (χ4n) is 3.84. The molecule has 0 spiro atoms. The highest BCUT2D eigenvalue weighted by Crippen LogP contribution is 2.23. The van der Waals surface area contributed by atoms with Crippen molar-refractivity contribution >= 4 is 11.7 Å². The molecule has 0 unspecified atom stereocenters. The summed E-state index contributed by atoms with van der Waals surface area (Å²) in [6, 6.07) is 15.5. The van der Waals surface area contributed by atoms with Gasteiger partial charge in [0.05, 0.1) is 24.9 Å². The van der Waals surface area contributed by atoms with Crippen molar-refractivity contribution in [2.75, 3.05) is 5.73 Å². The van der Waals surface area contributed by atoms with Crippen LogP contribution in [0.4, 0.5) is 5.82 Å². The minimum Gasteiger partial charge on any atom is -0.392 e. The van der Waals surface area contributed by atoms with Gasteiger partial charge in [-0.3, -0.25) is 4.79 Å². The summed E-state index contributed by atoms with van der Waals surface area (Å²) >= 11 is 0. The molecule has 0 saturated heterocycles. The van der Waals surface area contributed by atoms with Crippen molar-refractivity contribution in [1.29, 1.82) is 0 Å². The molecular formula is C27H33N3O3. The standard InChI is InChI=1S/C14H20O.C13H13N3O2/c1-11-7-8-13(9-12(11)2)10-15-14-5-3-4-6-14;14-12-11(13(15)18)5-10(6-16-12)9-3-1-2-8(4-9)7-17/h7-9,14H,3-6,10H2,1-2H3;1-6,17H,7H2,(H2,14,16)(H2,15,18). The lowest BCUT2D eigenvalue weighted by molar-refractivity contribution is 0.0456. The number of nitrogens with two attached hydrogens (primary N) is 2. The van der Waals surface area contributed by atoms with Crippen LogP contribution in [-0.4, -0.2) is 22.1 Å². The number of hydrogen-bond donors (Lipinski definition) is 3. The Morgan fingerprint density at radius 2 is 1.79 bits per heavy atom. The number of carbonyl (C=O) groups excluding carboxylic acids is 1. The van der Waals surface area contributed by atoms with Crippen LogP contribution in [0, 0.1) is 13.8 Å². The second-order valence-corrected chi connectivity index (χ2v) is 8.52. The quantitative estimate of drug-likeness (QED) is 0.508. The highest BCUT2D eigenvalue weighted by Gasteiger charge is 2.15. The third kappa shape index (κ3) is 6.88. The molecular weight excluding hydrogens is 414 g/mol. The van der Waals surface area contributed by atoms with E-state index in [-0.39, 0.29) is 18.0 Å². The maximum absolute atomic E-state index is 11.2. The Kier molecular flexibility index (Phi) is 8.58.